The number of hydrogen-bond donors (Lipinski definition) is 1. The molecule has 0 amide bonds. The number of nitrogens with zero attached hydrogens (tertiary/aromatic N) is 2. The summed E-state index contributed by atoms with van der Waals surface area (Å²) in [6, 6.07) is 7.65. The van der Waals surface area contributed by atoms with E-state index in [9.17, 15) is 0 Å². The van der Waals surface area contributed by atoms with Crippen LogP contribution in [0.15, 0.2) is 28.8 Å². The summed E-state index contributed by atoms with van der Waals surface area (Å²) in [4.78, 5) is 4.33. The van der Waals surface area contributed by atoms with Crippen LogP contribution in [0.1, 0.15) is 19.2 Å². The highest BCUT2D eigenvalue weighted by molar-refractivity contribution is 5.56. The molecule has 0 aliphatic heterocycles. The zero-order valence-corrected chi connectivity index (χ0v) is 10.4. The second-order valence-corrected chi connectivity index (χ2v) is 3.86. The molecular formula is C13H17N3O2. The molecule has 18 heavy (non-hydrogen) atoms. The summed E-state index contributed by atoms with van der Waals surface area (Å²) in [6.45, 7) is 3.21. The SMILES string of the molecule is CCOc1cccc(-c2noc(CCCN)n2)c1. The molecule has 0 atom stereocenters. The number of benzene rings is 1. The van der Waals surface area contributed by atoms with Crippen molar-refractivity contribution in [3.63, 3.8) is 0 Å². The molecule has 1 aromatic heterocycles. The van der Waals surface area contributed by atoms with Crippen molar-refractivity contribution in [1.82, 2.24) is 10.1 Å². The van der Waals surface area contributed by atoms with Gasteiger partial charge in [-0.15, -0.1) is 0 Å². The van der Waals surface area contributed by atoms with Crippen molar-refractivity contribution in [3.05, 3.63) is 30.2 Å². The fourth-order valence-electron chi connectivity index (χ4n) is 1.62. The first kappa shape index (κ1) is 12.6. The van der Waals surface area contributed by atoms with Gasteiger partial charge in [-0.2, -0.15) is 4.98 Å². The lowest BCUT2D eigenvalue weighted by Crippen LogP contribution is -2.00. The number of aryl methyl sites for hydroxylation is 1. The van der Waals surface area contributed by atoms with Crippen LogP contribution in [0, 0.1) is 0 Å². The Bertz CT molecular complexity index is 496. The molecule has 5 heteroatoms. The highest BCUT2D eigenvalue weighted by Crippen LogP contribution is 2.21. The Morgan fingerprint density at radius 3 is 3.06 bits per heavy atom. The van der Waals surface area contributed by atoms with Gasteiger partial charge in [0.25, 0.3) is 0 Å². The van der Waals surface area contributed by atoms with Crippen molar-refractivity contribution in [2.75, 3.05) is 13.2 Å². The van der Waals surface area contributed by atoms with Crippen LogP contribution in [0.3, 0.4) is 0 Å². The van der Waals surface area contributed by atoms with E-state index in [4.69, 9.17) is 15.0 Å². The lowest BCUT2D eigenvalue weighted by molar-refractivity contribution is 0.340. The van der Waals surface area contributed by atoms with Crippen LogP contribution in [0.25, 0.3) is 11.4 Å². The molecule has 2 N–H and O–H groups in total. The molecule has 5 nitrogen and oxygen atoms in total. The Morgan fingerprint density at radius 1 is 1.39 bits per heavy atom. The second kappa shape index (κ2) is 6.16. The molecule has 1 heterocycles. The molecule has 96 valence electrons. The fourth-order valence-corrected chi connectivity index (χ4v) is 1.62. The first-order valence-electron chi connectivity index (χ1n) is 6.09. The third-order valence-electron chi connectivity index (χ3n) is 2.47. The molecule has 0 aliphatic carbocycles. The minimum absolute atomic E-state index is 0.587. The van der Waals surface area contributed by atoms with E-state index in [0.717, 1.165) is 17.7 Å². The van der Waals surface area contributed by atoms with Crippen LogP contribution < -0.4 is 10.5 Å². The molecule has 1 aromatic carbocycles. The highest BCUT2D eigenvalue weighted by atomic mass is 16.5. The van der Waals surface area contributed by atoms with Crippen LogP contribution >= 0.6 is 0 Å². The Labute approximate surface area is 106 Å². The van der Waals surface area contributed by atoms with Gasteiger partial charge in [0, 0.05) is 12.0 Å². The summed E-state index contributed by atoms with van der Waals surface area (Å²) in [7, 11) is 0. The maximum Gasteiger partial charge on any atom is 0.227 e. The second-order valence-electron chi connectivity index (χ2n) is 3.86. The minimum Gasteiger partial charge on any atom is -0.494 e. The Hall–Kier alpha value is -1.88. The van der Waals surface area contributed by atoms with Gasteiger partial charge >= 0.3 is 0 Å². The summed E-state index contributed by atoms with van der Waals surface area (Å²) < 4.78 is 10.6. The van der Waals surface area contributed by atoms with E-state index in [0.29, 0.717) is 31.3 Å². The maximum atomic E-state index is 5.44. The van der Waals surface area contributed by atoms with Gasteiger partial charge in [-0.25, -0.2) is 0 Å². The van der Waals surface area contributed by atoms with Crippen molar-refractivity contribution in [1.29, 1.82) is 0 Å². The molecule has 0 spiro atoms. The van der Waals surface area contributed by atoms with E-state index in [-0.39, 0.29) is 0 Å². The molecule has 0 saturated heterocycles. The first-order valence-corrected chi connectivity index (χ1v) is 6.09. The Morgan fingerprint density at radius 2 is 2.28 bits per heavy atom. The van der Waals surface area contributed by atoms with E-state index in [2.05, 4.69) is 10.1 Å². The van der Waals surface area contributed by atoms with Crippen LogP contribution in [-0.4, -0.2) is 23.3 Å². The summed E-state index contributed by atoms with van der Waals surface area (Å²) in [5.74, 6) is 2.02. The van der Waals surface area contributed by atoms with Crippen molar-refractivity contribution >= 4 is 0 Å². The smallest absolute Gasteiger partial charge is 0.227 e. The predicted molar refractivity (Wildman–Crippen MR) is 68.3 cm³/mol. The van der Waals surface area contributed by atoms with Crippen LogP contribution in [0.2, 0.25) is 0 Å². The summed E-state index contributed by atoms with van der Waals surface area (Å²) in [6.07, 6.45) is 1.56. The average molecular weight is 247 g/mol. The van der Waals surface area contributed by atoms with Gasteiger partial charge < -0.3 is 15.0 Å². The van der Waals surface area contributed by atoms with Crippen LogP contribution in [-0.2, 0) is 6.42 Å². The van der Waals surface area contributed by atoms with Gasteiger partial charge in [0.05, 0.1) is 6.61 Å². The molecule has 0 saturated carbocycles. The maximum absolute atomic E-state index is 5.44. The Kier molecular flexibility index (Phi) is 4.30. The zero-order chi connectivity index (χ0) is 12.8. The largest absolute Gasteiger partial charge is 0.494 e. The topological polar surface area (TPSA) is 74.2 Å². The third-order valence-corrected chi connectivity index (χ3v) is 2.47. The van der Waals surface area contributed by atoms with Gasteiger partial charge in [0.15, 0.2) is 0 Å². The number of nitrogens with two attached hydrogens (primary N) is 1. The summed E-state index contributed by atoms with van der Waals surface area (Å²) in [5, 5.41) is 3.96. The number of aromatic nitrogens is 2. The number of rotatable bonds is 6. The summed E-state index contributed by atoms with van der Waals surface area (Å²) in [5.41, 5.74) is 6.33. The minimum atomic E-state index is 0.587. The van der Waals surface area contributed by atoms with E-state index < -0.39 is 0 Å². The van der Waals surface area contributed by atoms with Crippen LogP contribution in [0.5, 0.6) is 5.75 Å². The van der Waals surface area contributed by atoms with Crippen LogP contribution in [0.4, 0.5) is 0 Å². The van der Waals surface area contributed by atoms with E-state index in [1.165, 1.54) is 0 Å². The fraction of sp³-hybridized carbons (Fsp3) is 0.385. The molecule has 0 unspecified atom stereocenters. The average Bonchev–Trinajstić information content (AvgIpc) is 2.86. The van der Waals surface area contributed by atoms with E-state index >= 15 is 0 Å². The molecule has 2 aromatic rings. The van der Waals surface area contributed by atoms with Gasteiger partial charge in [-0.1, -0.05) is 17.3 Å². The summed E-state index contributed by atoms with van der Waals surface area (Å²) >= 11 is 0. The molecule has 0 aliphatic rings. The zero-order valence-electron chi connectivity index (χ0n) is 10.4. The van der Waals surface area contributed by atoms with E-state index in [1.54, 1.807) is 0 Å². The normalized spacial score (nSPS) is 10.6. The van der Waals surface area contributed by atoms with Crippen molar-refractivity contribution in [3.8, 4) is 17.1 Å². The predicted octanol–water partition coefficient (Wildman–Crippen LogP) is 2.03. The van der Waals surface area contributed by atoms with Gasteiger partial charge in [0.1, 0.15) is 5.75 Å². The molecule has 0 bridgehead atoms. The van der Waals surface area contributed by atoms with Crippen molar-refractivity contribution in [2.24, 2.45) is 5.73 Å². The monoisotopic (exact) mass is 247 g/mol. The van der Waals surface area contributed by atoms with Crippen molar-refractivity contribution in [2.45, 2.75) is 19.8 Å². The van der Waals surface area contributed by atoms with E-state index in [1.807, 2.05) is 31.2 Å². The standard InChI is InChI=1S/C13H17N3O2/c1-2-17-11-6-3-5-10(9-11)13-15-12(18-16-13)7-4-8-14/h3,5-6,9H,2,4,7-8,14H2,1H3. The highest BCUT2D eigenvalue weighted by Gasteiger charge is 2.08. The van der Waals surface area contributed by atoms with Gasteiger partial charge in [-0.05, 0) is 32.0 Å². The lowest BCUT2D eigenvalue weighted by atomic mass is 10.2. The van der Waals surface area contributed by atoms with Crippen molar-refractivity contribution < 1.29 is 9.26 Å². The quantitative estimate of drug-likeness (QED) is 0.845. The number of ether oxygens (including phenoxy) is 1. The molecule has 0 fully saturated rings. The lowest BCUT2D eigenvalue weighted by Gasteiger charge is -2.02. The molecule has 2 rings (SSSR count). The molecular weight excluding hydrogens is 230 g/mol. The Balaban J connectivity index is 2.15. The first-order chi connectivity index (χ1) is 8.83. The number of hydrogen-bond acceptors (Lipinski definition) is 5. The third kappa shape index (κ3) is 3.07. The van der Waals surface area contributed by atoms with Gasteiger partial charge in [0.2, 0.25) is 11.7 Å². The van der Waals surface area contributed by atoms with Gasteiger partial charge in [-0.3, -0.25) is 0 Å². The molecule has 0 radical (unpaired) electrons.